The van der Waals surface area contributed by atoms with E-state index >= 15 is 0 Å². The van der Waals surface area contributed by atoms with Crippen LogP contribution >= 0.6 is 0 Å². The summed E-state index contributed by atoms with van der Waals surface area (Å²) in [6, 6.07) is 37.0. The molecule has 358 valence electrons. The Bertz CT molecular complexity index is 3040. The maximum atomic E-state index is 12.6. The standard InChI is InChI=1S/C54H52N6O10/c1-37-3-17-51-45(31-37)49(61)33-53(69-51)41-9-13-43(14-10-41)67-29-27-65-25-23-63-21-19-59-35-47(55-57-59)39-5-7-40(8-6-39)48-36-60(58-56-48)20-22-64-24-26-66-28-30-68-44-15-11-42(12-16-44)54-34-50(62)46-32-38(2)4-18-52(46)70-54/h3-18,31-36H,19-30H2,1-2H3. The van der Waals surface area contributed by atoms with Gasteiger partial charge in [-0.25, -0.2) is 9.36 Å². The molecule has 4 heterocycles. The summed E-state index contributed by atoms with van der Waals surface area (Å²) in [4.78, 5) is 25.2. The summed E-state index contributed by atoms with van der Waals surface area (Å²) in [5.41, 5.74) is 7.99. The molecule has 0 unspecified atom stereocenters. The molecule has 16 nitrogen and oxygen atoms in total. The van der Waals surface area contributed by atoms with Crippen LogP contribution in [-0.2, 0) is 32.0 Å². The van der Waals surface area contributed by atoms with E-state index < -0.39 is 0 Å². The van der Waals surface area contributed by atoms with E-state index in [1.54, 1.807) is 9.36 Å². The van der Waals surface area contributed by atoms with Crippen molar-refractivity contribution in [2.45, 2.75) is 26.9 Å². The average Bonchev–Trinajstić information content (AvgIpc) is 4.07. The summed E-state index contributed by atoms with van der Waals surface area (Å²) in [5.74, 6) is 2.42. The maximum Gasteiger partial charge on any atom is 0.193 e. The second kappa shape index (κ2) is 23.0. The van der Waals surface area contributed by atoms with E-state index in [0.29, 0.717) is 124 Å². The first-order chi connectivity index (χ1) is 34.3. The monoisotopic (exact) mass is 944 g/mol. The lowest BCUT2D eigenvalue weighted by Crippen LogP contribution is -2.13. The third-order valence-corrected chi connectivity index (χ3v) is 11.3. The molecular weight excluding hydrogens is 893 g/mol. The van der Waals surface area contributed by atoms with Crippen molar-refractivity contribution in [3.63, 3.8) is 0 Å². The van der Waals surface area contributed by atoms with Crippen molar-refractivity contribution in [1.29, 1.82) is 0 Å². The van der Waals surface area contributed by atoms with Crippen molar-refractivity contribution in [1.82, 2.24) is 30.0 Å². The van der Waals surface area contributed by atoms with Crippen molar-refractivity contribution in [2.24, 2.45) is 0 Å². The van der Waals surface area contributed by atoms with Crippen LogP contribution in [0.4, 0.5) is 0 Å². The fraction of sp³-hybridized carbons (Fsp3) is 0.259. The van der Waals surface area contributed by atoms with Gasteiger partial charge in [-0.15, -0.1) is 10.2 Å². The van der Waals surface area contributed by atoms with Crippen LogP contribution in [0, 0.1) is 13.8 Å². The summed E-state index contributed by atoms with van der Waals surface area (Å²) in [6.07, 6.45) is 3.79. The zero-order valence-electron chi connectivity index (χ0n) is 39.0. The normalized spacial score (nSPS) is 11.5. The summed E-state index contributed by atoms with van der Waals surface area (Å²) in [5, 5.41) is 18.3. The number of nitrogens with zero attached hydrogens (tertiary/aromatic N) is 6. The highest BCUT2D eigenvalue weighted by atomic mass is 16.5. The molecule has 5 aromatic carbocycles. The molecule has 70 heavy (non-hydrogen) atoms. The summed E-state index contributed by atoms with van der Waals surface area (Å²) in [7, 11) is 0. The van der Waals surface area contributed by atoms with E-state index in [9.17, 15) is 9.59 Å². The van der Waals surface area contributed by atoms with Crippen molar-refractivity contribution >= 4 is 21.9 Å². The molecule has 0 atom stereocenters. The van der Waals surface area contributed by atoms with Crippen molar-refractivity contribution in [3.8, 4) is 56.7 Å². The van der Waals surface area contributed by atoms with Crippen molar-refractivity contribution in [3.05, 3.63) is 165 Å². The van der Waals surface area contributed by atoms with Gasteiger partial charge in [-0.1, -0.05) is 58.0 Å². The minimum absolute atomic E-state index is 0.0684. The molecule has 16 heteroatoms. The summed E-state index contributed by atoms with van der Waals surface area (Å²) in [6.45, 7) is 9.28. The Morgan fingerprint density at radius 2 is 0.800 bits per heavy atom. The number of benzene rings is 5. The second-order valence-corrected chi connectivity index (χ2v) is 16.5. The number of ether oxygens (including phenoxy) is 6. The van der Waals surface area contributed by atoms with Gasteiger partial charge in [0.1, 0.15) is 58.8 Å². The van der Waals surface area contributed by atoms with Gasteiger partial charge in [0, 0.05) is 34.4 Å². The summed E-state index contributed by atoms with van der Waals surface area (Å²) < 4.78 is 49.9. The molecule has 0 spiro atoms. The largest absolute Gasteiger partial charge is 0.491 e. The van der Waals surface area contributed by atoms with Crippen molar-refractivity contribution < 1.29 is 37.3 Å². The van der Waals surface area contributed by atoms with Gasteiger partial charge in [-0.05, 0) is 86.6 Å². The topological polar surface area (TPSA) is 177 Å². The quantitative estimate of drug-likeness (QED) is 0.0526. The molecule has 0 N–H and O–H groups in total. The Labute approximate surface area is 402 Å². The molecule has 9 rings (SSSR count). The van der Waals surface area contributed by atoms with E-state index in [-0.39, 0.29) is 10.9 Å². The Balaban J connectivity index is 0.600. The predicted molar refractivity (Wildman–Crippen MR) is 264 cm³/mol. The lowest BCUT2D eigenvalue weighted by molar-refractivity contribution is 0.0333. The van der Waals surface area contributed by atoms with Gasteiger partial charge in [0.25, 0.3) is 0 Å². The first-order valence-electron chi connectivity index (χ1n) is 23.1. The fourth-order valence-electron chi connectivity index (χ4n) is 7.54. The molecule has 9 aromatic rings. The van der Waals surface area contributed by atoms with Crippen LogP contribution in [0.2, 0.25) is 0 Å². The van der Waals surface area contributed by atoms with Gasteiger partial charge in [0.15, 0.2) is 10.9 Å². The average molecular weight is 945 g/mol. The highest BCUT2D eigenvalue weighted by Gasteiger charge is 2.11. The Morgan fingerprint density at radius 1 is 0.429 bits per heavy atom. The molecule has 0 radical (unpaired) electrons. The van der Waals surface area contributed by atoms with Crippen LogP contribution in [0.3, 0.4) is 0 Å². The number of fused-ring (bicyclic) bond motifs is 2. The van der Waals surface area contributed by atoms with Gasteiger partial charge < -0.3 is 37.3 Å². The molecular formula is C54H52N6O10. The van der Waals surface area contributed by atoms with Gasteiger partial charge in [-0.2, -0.15) is 0 Å². The molecule has 0 fully saturated rings. The Kier molecular flexibility index (Phi) is 15.6. The lowest BCUT2D eigenvalue weighted by atomic mass is 10.1. The summed E-state index contributed by atoms with van der Waals surface area (Å²) >= 11 is 0. The van der Waals surface area contributed by atoms with Crippen molar-refractivity contribution in [2.75, 3.05) is 66.1 Å². The van der Waals surface area contributed by atoms with Crippen LogP contribution < -0.4 is 20.3 Å². The molecule has 0 aliphatic rings. The SMILES string of the molecule is Cc1ccc2oc(-c3ccc(OCCOCCOCCn4cc(-c5ccc(-c6cn(CCOCCOCCOc7ccc(-c8cc(=O)c9cc(C)ccc9o8)cc7)nn6)cc5)nn4)cc3)cc(=O)c2c1. The number of hydrogen-bond donors (Lipinski definition) is 0. The molecule has 0 saturated heterocycles. The molecule has 0 amide bonds. The number of aromatic nitrogens is 6. The first kappa shape index (κ1) is 47.3. The van der Waals surface area contributed by atoms with E-state index in [4.69, 9.17) is 37.3 Å². The predicted octanol–water partition coefficient (Wildman–Crippen LogP) is 8.59. The molecule has 4 aromatic heterocycles. The third-order valence-electron chi connectivity index (χ3n) is 11.3. The van der Waals surface area contributed by atoms with Crippen LogP contribution in [0.15, 0.2) is 152 Å². The Morgan fingerprint density at radius 3 is 1.21 bits per heavy atom. The highest BCUT2D eigenvalue weighted by molar-refractivity contribution is 5.80. The number of aryl methyl sites for hydroxylation is 2. The maximum absolute atomic E-state index is 12.6. The van der Waals surface area contributed by atoms with E-state index in [1.807, 2.05) is 135 Å². The molecule has 0 saturated carbocycles. The van der Waals surface area contributed by atoms with Crippen LogP contribution in [0.5, 0.6) is 11.5 Å². The number of rotatable bonds is 24. The smallest absolute Gasteiger partial charge is 0.193 e. The van der Waals surface area contributed by atoms with Gasteiger partial charge >= 0.3 is 0 Å². The van der Waals surface area contributed by atoms with E-state index in [0.717, 1.165) is 44.8 Å². The van der Waals surface area contributed by atoms with E-state index in [1.165, 1.54) is 12.1 Å². The zero-order chi connectivity index (χ0) is 48.1. The fourth-order valence-corrected chi connectivity index (χ4v) is 7.54. The molecule has 0 aliphatic carbocycles. The minimum atomic E-state index is -0.0684. The van der Waals surface area contributed by atoms with Gasteiger partial charge in [-0.3, -0.25) is 9.59 Å². The van der Waals surface area contributed by atoms with Crippen LogP contribution in [0.1, 0.15) is 11.1 Å². The Hall–Kier alpha value is -7.76. The van der Waals surface area contributed by atoms with Crippen LogP contribution in [0.25, 0.3) is 67.1 Å². The van der Waals surface area contributed by atoms with E-state index in [2.05, 4.69) is 20.6 Å². The zero-order valence-corrected chi connectivity index (χ0v) is 39.0. The number of hydrogen-bond acceptors (Lipinski definition) is 14. The third kappa shape index (κ3) is 12.5. The highest BCUT2D eigenvalue weighted by Crippen LogP contribution is 2.27. The first-order valence-corrected chi connectivity index (χ1v) is 23.1. The molecule has 0 aliphatic heterocycles. The molecule has 0 bridgehead atoms. The second-order valence-electron chi connectivity index (χ2n) is 16.5. The minimum Gasteiger partial charge on any atom is -0.491 e. The van der Waals surface area contributed by atoms with Crippen LogP contribution in [-0.4, -0.2) is 96.1 Å². The van der Waals surface area contributed by atoms with Gasteiger partial charge in [0.05, 0.1) is 89.1 Å². The van der Waals surface area contributed by atoms with Gasteiger partial charge in [0.2, 0.25) is 0 Å². The lowest BCUT2D eigenvalue weighted by Gasteiger charge is -2.09.